The summed E-state index contributed by atoms with van der Waals surface area (Å²) >= 11 is 11.6. The van der Waals surface area contributed by atoms with Crippen LogP contribution < -0.4 is 5.73 Å². The Labute approximate surface area is 93.1 Å². The fourth-order valence-corrected chi connectivity index (χ4v) is 1.08. The molecule has 14 heavy (non-hydrogen) atoms. The van der Waals surface area contributed by atoms with Gasteiger partial charge in [-0.3, -0.25) is 0 Å². The van der Waals surface area contributed by atoms with Crippen molar-refractivity contribution in [3.8, 4) is 0 Å². The van der Waals surface area contributed by atoms with E-state index in [1.54, 1.807) is 23.1 Å². The lowest BCUT2D eigenvalue weighted by Crippen LogP contribution is -2.29. The smallest absolute Gasteiger partial charge is 0.195 e. The van der Waals surface area contributed by atoms with E-state index in [2.05, 4.69) is 4.99 Å². The van der Waals surface area contributed by atoms with Crippen molar-refractivity contribution < 1.29 is 0 Å². The summed E-state index contributed by atoms with van der Waals surface area (Å²) in [6, 6.07) is 5.11. The molecular formula is C9H11Cl2N3. The average molecular weight is 232 g/mol. The molecule has 0 bridgehead atoms. The molecule has 0 aliphatic heterocycles. The van der Waals surface area contributed by atoms with Gasteiger partial charge in [0.15, 0.2) is 5.96 Å². The third-order valence-corrected chi connectivity index (χ3v) is 2.34. The van der Waals surface area contributed by atoms with Crippen LogP contribution in [-0.4, -0.2) is 25.0 Å². The predicted molar refractivity (Wildman–Crippen MR) is 61.4 cm³/mol. The van der Waals surface area contributed by atoms with Crippen molar-refractivity contribution in [2.75, 3.05) is 14.1 Å². The SMILES string of the molecule is CN(C)C(N)=Nc1ccc(Cl)c(Cl)c1. The summed E-state index contributed by atoms with van der Waals surface area (Å²) in [5, 5.41) is 0.980. The van der Waals surface area contributed by atoms with Gasteiger partial charge in [-0.15, -0.1) is 0 Å². The molecule has 0 spiro atoms. The Hall–Kier alpha value is -0.930. The van der Waals surface area contributed by atoms with Gasteiger partial charge in [0, 0.05) is 14.1 Å². The standard InChI is InChI=1S/C9H11Cl2N3/c1-14(2)9(12)13-6-3-4-7(10)8(11)5-6/h3-5H,1-2H3,(H2,12,13). The molecule has 1 rings (SSSR count). The Morgan fingerprint density at radius 1 is 1.29 bits per heavy atom. The van der Waals surface area contributed by atoms with E-state index in [0.29, 0.717) is 21.7 Å². The molecule has 1 aromatic rings. The van der Waals surface area contributed by atoms with E-state index in [0.717, 1.165) is 0 Å². The molecule has 0 heterocycles. The minimum atomic E-state index is 0.420. The molecule has 0 atom stereocenters. The van der Waals surface area contributed by atoms with Gasteiger partial charge < -0.3 is 10.6 Å². The quantitative estimate of drug-likeness (QED) is 0.597. The van der Waals surface area contributed by atoms with E-state index in [-0.39, 0.29) is 0 Å². The molecule has 76 valence electrons. The first-order valence-electron chi connectivity index (χ1n) is 3.97. The lowest BCUT2D eigenvalue weighted by Gasteiger charge is -2.10. The third-order valence-electron chi connectivity index (χ3n) is 1.61. The highest BCUT2D eigenvalue weighted by Crippen LogP contribution is 2.26. The number of hydrogen-bond donors (Lipinski definition) is 1. The van der Waals surface area contributed by atoms with Gasteiger partial charge >= 0.3 is 0 Å². The van der Waals surface area contributed by atoms with Crippen molar-refractivity contribution in [1.82, 2.24) is 4.90 Å². The van der Waals surface area contributed by atoms with Gasteiger partial charge in [0.1, 0.15) is 0 Å². The number of nitrogens with zero attached hydrogens (tertiary/aromatic N) is 2. The summed E-state index contributed by atoms with van der Waals surface area (Å²) in [5.41, 5.74) is 6.32. The first-order valence-corrected chi connectivity index (χ1v) is 4.73. The van der Waals surface area contributed by atoms with Gasteiger partial charge in [-0.25, -0.2) is 4.99 Å². The maximum Gasteiger partial charge on any atom is 0.195 e. The van der Waals surface area contributed by atoms with Gasteiger partial charge in [-0.2, -0.15) is 0 Å². The van der Waals surface area contributed by atoms with E-state index in [4.69, 9.17) is 28.9 Å². The Morgan fingerprint density at radius 3 is 2.43 bits per heavy atom. The van der Waals surface area contributed by atoms with E-state index in [1.807, 2.05) is 14.1 Å². The van der Waals surface area contributed by atoms with Crippen LogP contribution in [0.4, 0.5) is 5.69 Å². The number of rotatable bonds is 1. The zero-order valence-corrected chi connectivity index (χ0v) is 9.47. The van der Waals surface area contributed by atoms with E-state index >= 15 is 0 Å². The first kappa shape index (κ1) is 11.1. The van der Waals surface area contributed by atoms with Gasteiger partial charge in [-0.05, 0) is 18.2 Å². The highest BCUT2D eigenvalue weighted by atomic mass is 35.5. The van der Waals surface area contributed by atoms with Crippen LogP contribution in [0.25, 0.3) is 0 Å². The molecule has 5 heteroatoms. The molecule has 0 unspecified atom stereocenters. The monoisotopic (exact) mass is 231 g/mol. The van der Waals surface area contributed by atoms with Crippen LogP contribution in [0.2, 0.25) is 10.0 Å². The van der Waals surface area contributed by atoms with Crippen LogP contribution in [-0.2, 0) is 0 Å². The van der Waals surface area contributed by atoms with Crippen molar-refractivity contribution in [1.29, 1.82) is 0 Å². The van der Waals surface area contributed by atoms with E-state index in [9.17, 15) is 0 Å². The molecule has 0 saturated heterocycles. The zero-order chi connectivity index (χ0) is 10.7. The van der Waals surface area contributed by atoms with Crippen LogP contribution in [0.5, 0.6) is 0 Å². The summed E-state index contributed by atoms with van der Waals surface area (Å²) in [7, 11) is 3.63. The summed E-state index contributed by atoms with van der Waals surface area (Å²) in [4.78, 5) is 5.85. The lowest BCUT2D eigenvalue weighted by molar-refractivity contribution is 0.615. The van der Waals surface area contributed by atoms with E-state index < -0.39 is 0 Å². The Kier molecular flexibility index (Phi) is 3.61. The zero-order valence-electron chi connectivity index (χ0n) is 7.96. The fourth-order valence-electron chi connectivity index (χ4n) is 0.787. The Bertz CT molecular complexity index is 361. The summed E-state index contributed by atoms with van der Waals surface area (Å²) in [6.07, 6.45) is 0. The van der Waals surface area contributed by atoms with Gasteiger partial charge in [0.05, 0.1) is 15.7 Å². The van der Waals surface area contributed by atoms with Crippen molar-refractivity contribution in [3.63, 3.8) is 0 Å². The van der Waals surface area contributed by atoms with Crippen molar-refractivity contribution in [2.24, 2.45) is 10.7 Å². The molecular weight excluding hydrogens is 221 g/mol. The maximum absolute atomic E-state index is 5.82. The van der Waals surface area contributed by atoms with Crippen LogP contribution >= 0.6 is 23.2 Å². The van der Waals surface area contributed by atoms with Crippen LogP contribution in [0.15, 0.2) is 23.2 Å². The van der Waals surface area contributed by atoms with E-state index in [1.165, 1.54) is 0 Å². The molecule has 0 radical (unpaired) electrons. The molecule has 0 aliphatic carbocycles. The number of guanidine groups is 1. The summed E-state index contributed by atoms with van der Waals surface area (Å²) < 4.78 is 0. The summed E-state index contributed by atoms with van der Waals surface area (Å²) in [6.45, 7) is 0. The van der Waals surface area contributed by atoms with Crippen LogP contribution in [0.1, 0.15) is 0 Å². The Morgan fingerprint density at radius 2 is 1.93 bits per heavy atom. The topological polar surface area (TPSA) is 41.6 Å². The number of nitrogens with two attached hydrogens (primary N) is 1. The van der Waals surface area contributed by atoms with Gasteiger partial charge in [0.25, 0.3) is 0 Å². The van der Waals surface area contributed by atoms with Crippen molar-refractivity contribution in [2.45, 2.75) is 0 Å². The molecule has 0 fully saturated rings. The normalized spacial score (nSPS) is 11.6. The summed E-state index contributed by atoms with van der Waals surface area (Å²) in [5.74, 6) is 0.420. The minimum absolute atomic E-state index is 0.420. The number of halogens is 2. The molecule has 0 aromatic heterocycles. The highest BCUT2D eigenvalue weighted by Gasteiger charge is 1.99. The van der Waals surface area contributed by atoms with Gasteiger partial charge in [0.2, 0.25) is 0 Å². The first-order chi connectivity index (χ1) is 6.50. The average Bonchev–Trinajstić information content (AvgIpc) is 2.11. The second kappa shape index (κ2) is 4.53. The molecule has 3 nitrogen and oxygen atoms in total. The van der Waals surface area contributed by atoms with Gasteiger partial charge in [-0.1, -0.05) is 23.2 Å². The van der Waals surface area contributed by atoms with Crippen LogP contribution in [0, 0.1) is 0 Å². The number of hydrogen-bond acceptors (Lipinski definition) is 1. The van der Waals surface area contributed by atoms with Crippen LogP contribution in [0.3, 0.4) is 0 Å². The predicted octanol–water partition coefficient (Wildman–Crippen LogP) is 2.50. The number of aliphatic imine (C=N–C) groups is 1. The maximum atomic E-state index is 5.82. The second-order valence-electron chi connectivity index (χ2n) is 2.96. The van der Waals surface area contributed by atoms with Crippen molar-refractivity contribution >= 4 is 34.8 Å². The highest BCUT2D eigenvalue weighted by molar-refractivity contribution is 6.42. The largest absolute Gasteiger partial charge is 0.370 e. The molecule has 0 saturated carbocycles. The van der Waals surface area contributed by atoms with Crippen molar-refractivity contribution in [3.05, 3.63) is 28.2 Å². The molecule has 0 aliphatic rings. The lowest BCUT2D eigenvalue weighted by atomic mass is 10.3. The second-order valence-corrected chi connectivity index (χ2v) is 3.78. The molecule has 1 aromatic carbocycles. The number of benzene rings is 1. The third kappa shape index (κ3) is 2.79. The Balaban J connectivity index is 2.98. The molecule has 0 amide bonds. The minimum Gasteiger partial charge on any atom is -0.370 e. The molecule has 2 N–H and O–H groups in total. The fraction of sp³-hybridized carbons (Fsp3) is 0.222.